The van der Waals surface area contributed by atoms with Crippen molar-refractivity contribution in [2.24, 2.45) is 0 Å². The normalized spacial score (nSPS) is 32.7. The van der Waals surface area contributed by atoms with Gasteiger partial charge in [0.25, 0.3) is 0 Å². The second-order valence-corrected chi connectivity index (χ2v) is 5.85. The van der Waals surface area contributed by atoms with Crippen LogP contribution in [0.25, 0.3) is 0 Å². The van der Waals surface area contributed by atoms with Crippen LogP contribution in [0.15, 0.2) is 24.3 Å². The van der Waals surface area contributed by atoms with Gasteiger partial charge in [0, 0.05) is 0 Å². The predicted molar refractivity (Wildman–Crippen MR) is 80.7 cm³/mol. The Morgan fingerprint density at radius 2 is 1.74 bits per heavy atom. The summed E-state index contributed by atoms with van der Waals surface area (Å²) in [7, 11) is 0. The Kier molecular flexibility index (Phi) is 6.34. The Balaban J connectivity index is 1.86. The first kappa shape index (κ1) is 18.1. The molecule has 0 aromatic heterocycles. The number of aromatic hydroxyl groups is 1. The average Bonchev–Trinajstić information content (AvgIpc) is 2.55. The summed E-state index contributed by atoms with van der Waals surface area (Å²) in [4.78, 5) is 0. The van der Waals surface area contributed by atoms with Crippen molar-refractivity contribution >= 4 is 0 Å². The Labute approximate surface area is 134 Å². The van der Waals surface area contributed by atoms with E-state index in [1.807, 2.05) is 19.1 Å². The summed E-state index contributed by atoms with van der Waals surface area (Å²) in [5, 5.41) is 47.7. The fourth-order valence-electron chi connectivity index (χ4n) is 2.51. The average molecular weight is 328 g/mol. The Bertz CT molecular complexity index is 476. The third-order valence-electron chi connectivity index (χ3n) is 3.99. The van der Waals surface area contributed by atoms with Crippen molar-refractivity contribution in [2.75, 3.05) is 6.61 Å². The predicted octanol–water partition coefficient (Wildman–Crippen LogP) is -0.470. The van der Waals surface area contributed by atoms with Gasteiger partial charge in [0.2, 0.25) is 0 Å². The summed E-state index contributed by atoms with van der Waals surface area (Å²) in [6.07, 6.45) is -5.21. The molecule has 0 amide bonds. The molecule has 1 saturated heterocycles. The minimum atomic E-state index is -1.44. The summed E-state index contributed by atoms with van der Waals surface area (Å²) in [6, 6.07) is 6.85. The van der Waals surface area contributed by atoms with Crippen LogP contribution >= 0.6 is 0 Å². The lowest BCUT2D eigenvalue weighted by Gasteiger charge is -2.40. The highest BCUT2D eigenvalue weighted by atomic mass is 16.7. The molecule has 1 heterocycles. The van der Waals surface area contributed by atoms with Crippen molar-refractivity contribution in [2.45, 2.75) is 56.6 Å². The molecule has 1 aromatic carbocycles. The Hall–Kier alpha value is -1.22. The molecule has 1 fully saturated rings. The highest BCUT2D eigenvalue weighted by molar-refractivity contribution is 5.25. The fourth-order valence-corrected chi connectivity index (χ4v) is 2.51. The largest absolute Gasteiger partial charge is 0.508 e. The number of aliphatic hydroxyl groups is 4. The maximum atomic E-state index is 9.92. The number of aliphatic hydroxyl groups excluding tert-OH is 4. The van der Waals surface area contributed by atoms with Gasteiger partial charge in [-0.25, -0.2) is 0 Å². The molecule has 6 atom stereocenters. The van der Waals surface area contributed by atoms with Crippen molar-refractivity contribution in [1.29, 1.82) is 0 Å². The maximum absolute atomic E-state index is 9.92. The van der Waals surface area contributed by atoms with Crippen molar-refractivity contribution in [3.8, 4) is 5.75 Å². The van der Waals surface area contributed by atoms with Crippen LogP contribution < -0.4 is 0 Å². The monoisotopic (exact) mass is 328 g/mol. The van der Waals surface area contributed by atoms with E-state index in [-0.39, 0.29) is 11.9 Å². The third-order valence-corrected chi connectivity index (χ3v) is 3.99. The second-order valence-electron chi connectivity index (χ2n) is 5.85. The lowest BCUT2D eigenvalue weighted by atomic mass is 9.99. The van der Waals surface area contributed by atoms with Gasteiger partial charge in [0.15, 0.2) is 6.29 Å². The molecule has 0 spiro atoms. The zero-order chi connectivity index (χ0) is 17.0. The van der Waals surface area contributed by atoms with E-state index < -0.39 is 37.3 Å². The Morgan fingerprint density at radius 3 is 2.35 bits per heavy atom. The number of phenols is 1. The van der Waals surface area contributed by atoms with E-state index in [1.54, 1.807) is 12.1 Å². The highest BCUT2D eigenvalue weighted by Crippen LogP contribution is 2.23. The van der Waals surface area contributed by atoms with Gasteiger partial charge in [-0.15, -0.1) is 0 Å². The highest BCUT2D eigenvalue weighted by Gasteiger charge is 2.44. The lowest BCUT2D eigenvalue weighted by Crippen LogP contribution is -2.59. The number of hydrogen-bond acceptors (Lipinski definition) is 7. The molecule has 0 bridgehead atoms. The second kappa shape index (κ2) is 8.05. The van der Waals surface area contributed by atoms with Gasteiger partial charge >= 0.3 is 0 Å². The quantitative estimate of drug-likeness (QED) is 0.479. The first-order chi connectivity index (χ1) is 10.9. The molecule has 0 unspecified atom stereocenters. The van der Waals surface area contributed by atoms with Gasteiger partial charge in [-0.1, -0.05) is 12.1 Å². The van der Waals surface area contributed by atoms with Crippen LogP contribution in [-0.2, 0) is 15.9 Å². The van der Waals surface area contributed by atoms with Gasteiger partial charge in [0.05, 0.1) is 12.7 Å². The zero-order valence-electron chi connectivity index (χ0n) is 12.9. The minimum absolute atomic E-state index is 0.208. The molecular weight excluding hydrogens is 304 g/mol. The molecule has 1 aromatic rings. The molecule has 0 saturated carbocycles. The molecule has 1 aliphatic rings. The van der Waals surface area contributed by atoms with Crippen molar-refractivity contribution in [3.63, 3.8) is 0 Å². The van der Waals surface area contributed by atoms with Crippen LogP contribution in [0.3, 0.4) is 0 Å². The van der Waals surface area contributed by atoms with Crippen LogP contribution in [0, 0.1) is 0 Å². The van der Waals surface area contributed by atoms with Crippen molar-refractivity contribution < 1.29 is 35.0 Å². The summed E-state index contributed by atoms with van der Waals surface area (Å²) >= 11 is 0. The number of hydrogen-bond donors (Lipinski definition) is 5. The van der Waals surface area contributed by atoms with Gasteiger partial charge in [0.1, 0.15) is 30.2 Å². The van der Waals surface area contributed by atoms with Crippen LogP contribution in [0.2, 0.25) is 0 Å². The molecule has 1 aliphatic heterocycles. The van der Waals surface area contributed by atoms with E-state index in [0.717, 1.165) is 5.56 Å². The maximum Gasteiger partial charge on any atom is 0.186 e. The van der Waals surface area contributed by atoms with Crippen LogP contribution in [0.1, 0.15) is 18.9 Å². The molecule has 130 valence electrons. The lowest BCUT2D eigenvalue weighted by molar-refractivity contribution is -0.310. The zero-order valence-corrected chi connectivity index (χ0v) is 12.9. The van der Waals surface area contributed by atoms with Gasteiger partial charge in [-0.3, -0.25) is 0 Å². The summed E-state index contributed by atoms with van der Waals surface area (Å²) in [6.45, 7) is 1.33. The topological polar surface area (TPSA) is 120 Å². The number of benzene rings is 1. The van der Waals surface area contributed by atoms with Gasteiger partial charge in [-0.05, 0) is 37.5 Å². The van der Waals surface area contributed by atoms with E-state index >= 15 is 0 Å². The third kappa shape index (κ3) is 4.63. The summed E-state index contributed by atoms with van der Waals surface area (Å²) < 4.78 is 10.9. The molecule has 0 radical (unpaired) electrons. The Morgan fingerprint density at radius 1 is 1.09 bits per heavy atom. The number of ether oxygens (including phenoxy) is 2. The molecule has 23 heavy (non-hydrogen) atoms. The fraction of sp³-hybridized carbons (Fsp3) is 0.625. The van der Waals surface area contributed by atoms with Crippen molar-refractivity contribution in [1.82, 2.24) is 0 Å². The van der Waals surface area contributed by atoms with Gasteiger partial charge < -0.3 is 35.0 Å². The van der Waals surface area contributed by atoms with E-state index in [1.165, 1.54) is 0 Å². The van der Waals surface area contributed by atoms with E-state index in [0.29, 0.717) is 12.8 Å². The molecule has 2 rings (SSSR count). The first-order valence-electron chi connectivity index (χ1n) is 7.66. The molecule has 7 nitrogen and oxygen atoms in total. The van der Waals surface area contributed by atoms with E-state index in [2.05, 4.69) is 0 Å². The van der Waals surface area contributed by atoms with Crippen molar-refractivity contribution in [3.05, 3.63) is 29.8 Å². The van der Waals surface area contributed by atoms with Crippen LogP contribution in [0.5, 0.6) is 5.75 Å². The number of aryl methyl sites for hydroxylation is 1. The number of rotatable bonds is 6. The summed E-state index contributed by atoms with van der Waals surface area (Å²) in [5.41, 5.74) is 1.03. The molecule has 7 heteroatoms. The summed E-state index contributed by atoms with van der Waals surface area (Å²) in [5.74, 6) is 0.208. The molecular formula is C16H24O7. The first-order valence-corrected chi connectivity index (χ1v) is 7.66. The number of phenolic OH excluding ortho intramolecular Hbond substituents is 1. The minimum Gasteiger partial charge on any atom is -0.508 e. The van der Waals surface area contributed by atoms with E-state index in [9.17, 15) is 20.4 Å². The smallest absolute Gasteiger partial charge is 0.186 e. The van der Waals surface area contributed by atoms with Crippen LogP contribution in [-0.4, -0.2) is 68.9 Å². The van der Waals surface area contributed by atoms with Crippen LogP contribution in [0.4, 0.5) is 0 Å². The molecule has 5 N–H and O–H groups in total. The van der Waals surface area contributed by atoms with E-state index in [4.69, 9.17) is 14.6 Å². The standard InChI is InChI=1S/C16H24O7/c1-9(2-3-10-4-6-11(18)7-5-10)22-16-15(21)14(20)13(19)12(8-17)23-16/h4-7,9,12-21H,2-3,8H2,1H3/t9-,12-,13-,14+,15-,16-/m1/s1. The SMILES string of the molecule is C[C@H](CCc1ccc(O)cc1)O[C@@H]1O[C@H](CO)[C@@H](O)[C@H](O)[C@H]1O. The molecule has 0 aliphatic carbocycles. The van der Waals surface area contributed by atoms with Gasteiger partial charge in [-0.2, -0.15) is 0 Å².